The monoisotopic (exact) mass is 473 g/mol. The van der Waals surface area contributed by atoms with Crippen molar-refractivity contribution in [3.63, 3.8) is 0 Å². The van der Waals surface area contributed by atoms with Crippen LogP contribution in [0, 0.1) is 0 Å². The molecular formula is C24H21Cl2NO3S. The van der Waals surface area contributed by atoms with Gasteiger partial charge in [-0.1, -0.05) is 35.3 Å². The summed E-state index contributed by atoms with van der Waals surface area (Å²) >= 11 is 13.9. The number of hydrogen-bond acceptors (Lipinski definition) is 4. The van der Waals surface area contributed by atoms with E-state index in [2.05, 4.69) is 5.32 Å². The van der Waals surface area contributed by atoms with E-state index in [1.807, 2.05) is 24.3 Å². The third-order valence-electron chi connectivity index (χ3n) is 4.50. The van der Waals surface area contributed by atoms with Crippen LogP contribution < -0.4 is 10.1 Å². The first-order valence-corrected chi connectivity index (χ1v) is 11.4. The number of ketones is 1. The van der Waals surface area contributed by atoms with Crippen molar-refractivity contribution in [2.45, 2.75) is 17.7 Å². The minimum absolute atomic E-state index is 0.161. The van der Waals surface area contributed by atoms with Crippen LogP contribution >= 0.6 is 35.0 Å². The summed E-state index contributed by atoms with van der Waals surface area (Å²) in [6, 6.07) is 19.4. The smallest absolute Gasteiger partial charge is 0.224 e. The Labute approximate surface area is 195 Å². The van der Waals surface area contributed by atoms with Crippen molar-refractivity contribution in [2.75, 3.05) is 18.2 Å². The van der Waals surface area contributed by atoms with Crippen molar-refractivity contribution >= 4 is 52.3 Å². The lowest BCUT2D eigenvalue weighted by Crippen LogP contribution is -2.15. The van der Waals surface area contributed by atoms with Gasteiger partial charge in [0.05, 0.1) is 17.8 Å². The van der Waals surface area contributed by atoms with Gasteiger partial charge in [0.1, 0.15) is 5.75 Å². The van der Waals surface area contributed by atoms with Gasteiger partial charge in [-0.15, -0.1) is 11.8 Å². The van der Waals surface area contributed by atoms with E-state index in [1.165, 1.54) is 0 Å². The van der Waals surface area contributed by atoms with E-state index < -0.39 is 0 Å². The first-order chi connectivity index (χ1) is 15.0. The summed E-state index contributed by atoms with van der Waals surface area (Å²) in [5.41, 5.74) is 1.08. The van der Waals surface area contributed by atoms with Gasteiger partial charge in [-0.3, -0.25) is 9.59 Å². The number of thioether (sulfide) groups is 1. The maximum atomic E-state index is 13.0. The Kier molecular flexibility index (Phi) is 8.41. The number of ether oxygens (including phenoxy) is 1. The summed E-state index contributed by atoms with van der Waals surface area (Å²) in [7, 11) is 1.63. The van der Waals surface area contributed by atoms with Gasteiger partial charge in [-0.05, 0) is 66.8 Å². The summed E-state index contributed by atoms with van der Waals surface area (Å²) in [6.07, 6.45) is 1.04. The molecule has 0 heterocycles. The molecule has 0 aliphatic carbocycles. The normalized spacial score (nSPS) is 10.5. The molecule has 1 amide bonds. The summed E-state index contributed by atoms with van der Waals surface area (Å²) < 4.78 is 5.15. The average molecular weight is 474 g/mol. The summed E-state index contributed by atoms with van der Waals surface area (Å²) in [5, 5.41) is 3.59. The standard InChI is InChI=1S/C24H21Cl2NO3S/c1-30-17-9-11-18(12-10-17)31-14-4-7-23(28)27-22-13-8-16(25)15-20(22)24(29)19-5-2-3-6-21(19)26/h2-3,5-6,8-13,15H,4,7,14H2,1H3,(H,27,28). The van der Waals surface area contributed by atoms with Crippen molar-refractivity contribution in [3.8, 4) is 5.75 Å². The molecule has 0 aliphatic rings. The molecule has 0 bridgehead atoms. The Balaban J connectivity index is 1.59. The van der Waals surface area contributed by atoms with Crippen LogP contribution in [-0.2, 0) is 4.79 Å². The van der Waals surface area contributed by atoms with Crippen LogP contribution in [0.1, 0.15) is 28.8 Å². The van der Waals surface area contributed by atoms with Gasteiger partial charge in [-0.2, -0.15) is 0 Å². The molecule has 0 aromatic heterocycles. The van der Waals surface area contributed by atoms with E-state index >= 15 is 0 Å². The molecule has 0 saturated heterocycles. The van der Waals surface area contributed by atoms with Gasteiger partial charge in [0, 0.05) is 27.5 Å². The molecule has 0 radical (unpaired) electrons. The van der Waals surface area contributed by atoms with Crippen molar-refractivity contribution in [3.05, 3.63) is 87.9 Å². The summed E-state index contributed by atoms with van der Waals surface area (Å²) in [6.45, 7) is 0. The Hall–Kier alpha value is -2.47. The number of carbonyl (C=O) groups excluding carboxylic acids is 2. The molecule has 1 N–H and O–H groups in total. The number of carbonyl (C=O) groups is 2. The number of methoxy groups -OCH3 is 1. The Morgan fingerprint density at radius 2 is 1.71 bits per heavy atom. The van der Waals surface area contributed by atoms with E-state index in [1.54, 1.807) is 61.3 Å². The van der Waals surface area contributed by atoms with Crippen LogP contribution in [0.2, 0.25) is 10.0 Å². The van der Waals surface area contributed by atoms with Crippen molar-refractivity contribution in [1.29, 1.82) is 0 Å². The van der Waals surface area contributed by atoms with Crippen LogP contribution in [0.25, 0.3) is 0 Å². The molecule has 0 atom stereocenters. The van der Waals surface area contributed by atoms with E-state index in [9.17, 15) is 9.59 Å². The predicted molar refractivity (Wildman–Crippen MR) is 128 cm³/mol. The van der Waals surface area contributed by atoms with Gasteiger partial charge in [0.15, 0.2) is 5.78 Å². The summed E-state index contributed by atoms with van der Waals surface area (Å²) in [5.74, 6) is 1.16. The van der Waals surface area contributed by atoms with Gasteiger partial charge < -0.3 is 10.1 Å². The van der Waals surface area contributed by atoms with E-state index in [0.29, 0.717) is 39.7 Å². The molecule has 0 aliphatic heterocycles. The van der Waals surface area contributed by atoms with Crippen molar-refractivity contribution in [1.82, 2.24) is 0 Å². The molecule has 0 saturated carbocycles. The highest BCUT2D eigenvalue weighted by molar-refractivity contribution is 7.99. The second-order valence-corrected chi connectivity index (χ2v) is 8.69. The molecule has 0 unspecified atom stereocenters. The zero-order valence-corrected chi connectivity index (χ0v) is 19.2. The molecule has 31 heavy (non-hydrogen) atoms. The Bertz CT molecular complexity index is 1070. The molecule has 3 rings (SSSR count). The number of hydrogen-bond donors (Lipinski definition) is 1. The minimum atomic E-state index is -0.293. The van der Waals surface area contributed by atoms with E-state index in [4.69, 9.17) is 27.9 Å². The fourth-order valence-corrected chi connectivity index (χ4v) is 4.16. The quantitative estimate of drug-likeness (QED) is 0.212. The van der Waals surface area contributed by atoms with Crippen molar-refractivity contribution in [2.24, 2.45) is 0 Å². The number of benzene rings is 3. The third-order valence-corrected chi connectivity index (χ3v) is 6.16. The van der Waals surface area contributed by atoms with E-state index in [0.717, 1.165) is 16.4 Å². The topological polar surface area (TPSA) is 55.4 Å². The minimum Gasteiger partial charge on any atom is -0.497 e. The van der Waals surface area contributed by atoms with Gasteiger partial charge in [-0.25, -0.2) is 0 Å². The third kappa shape index (κ3) is 6.50. The number of rotatable bonds is 9. The first-order valence-electron chi connectivity index (χ1n) is 9.63. The lowest BCUT2D eigenvalue weighted by atomic mass is 10.0. The van der Waals surface area contributed by atoms with Gasteiger partial charge in [0.25, 0.3) is 0 Å². The number of amides is 1. The van der Waals surface area contributed by atoms with Crippen LogP contribution in [0.3, 0.4) is 0 Å². The molecule has 0 fully saturated rings. The summed E-state index contributed by atoms with van der Waals surface area (Å²) in [4.78, 5) is 26.6. The lowest BCUT2D eigenvalue weighted by Gasteiger charge is -2.12. The van der Waals surface area contributed by atoms with Crippen LogP contribution in [0.5, 0.6) is 5.75 Å². The largest absolute Gasteiger partial charge is 0.497 e. The fourth-order valence-electron chi connectivity index (χ4n) is 2.91. The average Bonchev–Trinajstić information content (AvgIpc) is 2.78. The second-order valence-electron chi connectivity index (χ2n) is 6.67. The maximum Gasteiger partial charge on any atom is 0.224 e. The van der Waals surface area contributed by atoms with Crippen LogP contribution in [0.15, 0.2) is 71.6 Å². The molecule has 160 valence electrons. The number of halogens is 2. The number of anilines is 1. The predicted octanol–water partition coefficient (Wildman–Crippen LogP) is 6.74. The SMILES string of the molecule is COc1ccc(SCCCC(=O)Nc2ccc(Cl)cc2C(=O)c2ccccc2Cl)cc1. The Morgan fingerprint density at radius 3 is 2.42 bits per heavy atom. The molecular weight excluding hydrogens is 453 g/mol. The van der Waals surface area contributed by atoms with Crippen LogP contribution in [0.4, 0.5) is 5.69 Å². The molecule has 3 aromatic rings. The molecule has 4 nitrogen and oxygen atoms in total. The second kappa shape index (κ2) is 11.2. The molecule has 0 spiro atoms. The first kappa shape index (κ1) is 23.2. The Morgan fingerprint density at radius 1 is 0.968 bits per heavy atom. The number of nitrogens with one attached hydrogen (secondary N) is 1. The van der Waals surface area contributed by atoms with Crippen LogP contribution in [-0.4, -0.2) is 24.6 Å². The molecule has 7 heteroatoms. The zero-order chi connectivity index (χ0) is 22.2. The highest BCUT2D eigenvalue weighted by Crippen LogP contribution is 2.27. The lowest BCUT2D eigenvalue weighted by molar-refractivity contribution is -0.116. The van der Waals surface area contributed by atoms with E-state index in [-0.39, 0.29) is 11.7 Å². The maximum absolute atomic E-state index is 13.0. The highest BCUT2D eigenvalue weighted by Gasteiger charge is 2.18. The highest BCUT2D eigenvalue weighted by atomic mass is 35.5. The zero-order valence-electron chi connectivity index (χ0n) is 16.9. The van der Waals surface area contributed by atoms with Gasteiger partial charge in [0.2, 0.25) is 5.91 Å². The fraction of sp³-hybridized carbons (Fsp3) is 0.167. The van der Waals surface area contributed by atoms with Crippen molar-refractivity contribution < 1.29 is 14.3 Å². The van der Waals surface area contributed by atoms with Gasteiger partial charge >= 0.3 is 0 Å². The molecule has 3 aromatic carbocycles.